The van der Waals surface area contributed by atoms with Crippen LogP contribution in [0.1, 0.15) is 34.6 Å². The monoisotopic (exact) mass is 419 g/mol. The van der Waals surface area contributed by atoms with Crippen molar-refractivity contribution in [3.63, 3.8) is 0 Å². The summed E-state index contributed by atoms with van der Waals surface area (Å²) in [6.45, 7) is 1.71. The molecular formula is C23H22FN5O2. The predicted molar refractivity (Wildman–Crippen MR) is 115 cm³/mol. The van der Waals surface area contributed by atoms with Crippen molar-refractivity contribution in [1.82, 2.24) is 25.0 Å². The number of halogens is 1. The van der Waals surface area contributed by atoms with E-state index >= 15 is 0 Å². The van der Waals surface area contributed by atoms with Crippen LogP contribution >= 0.6 is 0 Å². The molecular weight excluding hydrogens is 397 g/mol. The van der Waals surface area contributed by atoms with E-state index in [0.29, 0.717) is 17.8 Å². The maximum atomic E-state index is 14.6. The van der Waals surface area contributed by atoms with Gasteiger partial charge in [0.1, 0.15) is 17.2 Å². The predicted octanol–water partition coefficient (Wildman–Crippen LogP) is 2.74. The number of aromatic nitrogens is 3. The van der Waals surface area contributed by atoms with E-state index in [4.69, 9.17) is 0 Å². The molecule has 5 rings (SSSR count). The van der Waals surface area contributed by atoms with Gasteiger partial charge in [-0.15, -0.1) is 0 Å². The molecule has 0 bridgehead atoms. The molecule has 3 aromatic heterocycles. The van der Waals surface area contributed by atoms with E-state index in [0.717, 1.165) is 29.1 Å². The summed E-state index contributed by atoms with van der Waals surface area (Å²) in [6.07, 6.45) is 4.18. The van der Waals surface area contributed by atoms with Crippen molar-refractivity contribution < 1.29 is 9.18 Å². The van der Waals surface area contributed by atoms with Crippen molar-refractivity contribution in [1.29, 1.82) is 0 Å². The van der Waals surface area contributed by atoms with Gasteiger partial charge in [0.15, 0.2) is 0 Å². The molecule has 3 heterocycles. The van der Waals surface area contributed by atoms with E-state index in [-0.39, 0.29) is 17.8 Å². The van der Waals surface area contributed by atoms with E-state index in [2.05, 4.69) is 20.6 Å². The summed E-state index contributed by atoms with van der Waals surface area (Å²) >= 11 is 0. The van der Waals surface area contributed by atoms with Crippen LogP contribution < -0.4 is 16.2 Å². The van der Waals surface area contributed by atoms with Crippen LogP contribution in [0.4, 0.5) is 4.39 Å². The summed E-state index contributed by atoms with van der Waals surface area (Å²) in [6, 6.07) is 11.4. The average Bonchev–Trinajstić information content (AvgIpc) is 3.50. The zero-order chi connectivity index (χ0) is 21.4. The van der Waals surface area contributed by atoms with Crippen LogP contribution in [0.15, 0.2) is 53.5 Å². The number of nitrogens with one attached hydrogen (secondary N) is 3. The molecule has 0 atom stereocenters. The van der Waals surface area contributed by atoms with Crippen LogP contribution in [0.25, 0.3) is 16.6 Å². The summed E-state index contributed by atoms with van der Waals surface area (Å²) in [5.74, 6) is -0.124. The lowest BCUT2D eigenvalue weighted by Gasteiger charge is -2.07. The second-order valence-corrected chi connectivity index (χ2v) is 7.99. The molecule has 0 unspecified atom stereocenters. The van der Waals surface area contributed by atoms with Gasteiger partial charge in [0.25, 0.3) is 11.5 Å². The van der Waals surface area contributed by atoms with Gasteiger partial charge in [-0.1, -0.05) is 6.07 Å². The summed E-state index contributed by atoms with van der Waals surface area (Å²) in [5, 5.41) is 6.86. The Labute approximate surface area is 177 Å². The Morgan fingerprint density at radius 2 is 2.06 bits per heavy atom. The van der Waals surface area contributed by atoms with Crippen molar-refractivity contribution in [3.8, 4) is 0 Å². The Bertz CT molecular complexity index is 1340. The smallest absolute Gasteiger partial charge is 0.270 e. The lowest BCUT2D eigenvalue weighted by Crippen LogP contribution is -2.27. The molecule has 4 aromatic rings. The summed E-state index contributed by atoms with van der Waals surface area (Å²) in [5.41, 5.74) is 2.20. The normalized spacial score (nSPS) is 13.7. The Kier molecular flexibility index (Phi) is 4.99. The number of hydrogen-bond donors (Lipinski definition) is 3. The number of rotatable bonds is 7. The van der Waals surface area contributed by atoms with E-state index < -0.39 is 11.7 Å². The zero-order valence-electron chi connectivity index (χ0n) is 16.8. The number of benzene rings is 1. The van der Waals surface area contributed by atoms with Gasteiger partial charge in [-0.25, -0.2) is 9.37 Å². The summed E-state index contributed by atoms with van der Waals surface area (Å²) in [7, 11) is 0. The van der Waals surface area contributed by atoms with Crippen LogP contribution in [0.3, 0.4) is 0 Å². The SMILES string of the molecule is O=C(NCc1cc2[nH]c(CNCC3CC3)cc2cc1F)c1cc(=O)n2ccccc2n1. The Balaban J connectivity index is 1.30. The van der Waals surface area contributed by atoms with E-state index in [9.17, 15) is 14.0 Å². The minimum atomic E-state index is -0.528. The minimum absolute atomic E-state index is 0.00147. The highest BCUT2D eigenvalue weighted by atomic mass is 19.1. The Hall–Kier alpha value is -3.52. The number of hydrogen-bond acceptors (Lipinski definition) is 4. The van der Waals surface area contributed by atoms with Crippen LogP contribution in [0, 0.1) is 11.7 Å². The van der Waals surface area contributed by atoms with Crippen molar-refractivity contribution in [2.24, 2.45) is 5.92 Å². The highest BCUT2D eigenvalue weighted by Crippen LogP contribution is 2.27. The first-order chi connectivity index (χ1) is 15.1. The van der Waals surface area contributed by atoms with Gasteiger partial charge in [-0.3, -0.25) is 14.0 Å². The van der Waals surface area contributed by atoms with Crippen molar-refractivity contribution in [2.75, 3.05) is 6.54 Å². The number of nitrogens with zero attached hydrogens (tertiary/aromatic N) is 2. The number of pyridine rings is 1. The maximum Gasteiger partial charge on any atom is 0.270 e. The van der Waals surface area contributed by atoms with Gasteiger partial charge in [0.2, 0.25) is 0 Å². The fourth-order valence-corrected chi connectivity index (χ4v) is 3.66. The molecule has 1 fully saturated rings. The number of amides is 1. The third-order valence-corrected chi connectivity index (χ3v) is 5.53. The first-order valence-electron chi connectivity index (χ1n) is 10.3. The summed E-state index contributed by atoms with van der Waals surface area (Å²) in [4.78, 5) is 32.2. The van der Waals surface area contributed by atoms with E-state index in [1.54, 1.807) is 30.5 Å². The number of aromatic amines is 1. The molecule has 1 aliphatic rings. The molecule has 1 aromatic carbocycles. The zero-order valence-corrected chi connectivity index (χ0v) is 16.8. The lowest BCUT2D eigenvalue weighted by molar-refractivity contribution is 0.0945. The number of fused-ring (bicyclic) bond motifs is 2. The van der Waals surface area contributed by atoms with E-state index in [1.807, 2.05) is 6.07 Å². The highest BCUT2D eigenvalue weighted by Gasteiger charge is 2.20. The van der Waals surface area contributed by atoms with Gasteiger partial charge >= 0.3 is 0 Å². The molecule has 0 aliphatic heterocycles. The van der Waals surface area contributed by atoms with Gasteiger partial charge in [0.05, 0.1) is 0 Å². The quantitative estimate of drug-likeness (QED) is 0.430. The molecule has 0 spiro atoms. The molecule has 7 nitrogen and oxygen atoms in total. The third kappa shape index (κ3) is 4.20. The third-order valence-electron chi connectivity index (χ3n) is 5.53. The van der Waals surface area contributed by atoms with Crippen LogP contribution in [0.2, 0.25) is 0 Å². The van der Waals surface area contributed by atoms with Crippen LogP contribution in [-0.2, 0) is 13.1 Å². The van der Waals surface area contributed by atoms with Gasteiger partial charge in [0, 0.05) is 47.5 Å². The first-order valence-corrected chi connectivity index (χ1v) is 10.3. The van der Waals surface area contributed by atoms with Crippen molar-refractivity contribution >= 4 is 22.5 Å². The molecule has 0 saturated heterocycles. The Morgan fingerprint density at radius 3 is 2.90 bits per heavy atom. The molecule has 1 saturated carbocycles. The first kappa shape index (κ1) is 19.4. The van der Waals surface area contributed by atoms with E-state index in [1.165, 1.54) is 29.4 Å². The maximum absolute atomic E-state index is 14.6. The van der Waals surface area contributed by atoms with Gasteiger partial charge in [-0.2, -0.15) is 0 Å². The molecule has 0 radical (unpaired) electrons. The molecule has 1 amide bonds. The molecule has 8 heteroatoms. The van der Waals surface area contributed by atoms with Crippen molar-refractivity contribution in [2.45, 2.75) is 25.9 Å². The average molecular weight is 419 g/mol. The van der Waals surface area contributed by atoms with Crippen LogP contribution in [0.5, 0.6) is 0 Å². The summed E-state index contributed by atoms with van der Waals surface area (Å²) < 4.78 is 15.9. The Morgan fingerprint density at radius 1 is 1.19 bits per heavy atom. The fourth-order valence-electron chi connectivity index (χ4n) is 3.66. The number of carbonyl (C=O) groups is 1. The molecule has 1 aliphatic carbocycles. The second-order valence-electron chi connectivity index (χ2n) is 7.99. The number of carbonyl (C=O) groups excluding carboxylic acids is 1. The number of H-pyrrole nitrogens is 1. The fraction of sp³-hybridized carbons (Fsp3) is 0.261. The van der Waals surface area contributed by atoms with Crippen LogP contribution in [-0.4, -0.2) is 26.8 Å². The highest BCUT2D eigenvalue weighted by molar-refractivity contribution is 5.92. The molecule has 31 heavy (non-hydrogen) atoms. The standard InChI is InChI=1S/C23H22FN5O2/c24-18-8-15-7-17(13-25-11-14-4-5-14)27-19(15)9-16(18)12-26-23(31)20-10-22(30)29-6-2-1-3-21(29)28-20/h1-3,6-10,14,25,27H,4-5,11-13H2,(H,26,31). The largest absolute Gasteiger partial charge is 0.357 e. The van der Waals surface area contributed by atoms with Crippen molar-refractivity contribution in [3.05, 3.63) is 81.8 Å². The molecule has 158 valence electrons. The lowest BCUT2D eigenvalue weighted by atomic mass is 10.1. The topological polar surface area (TPSA) is 91.3 Å². The van der Waals surface area contributed by atoms with Gasteiger partial charge in [-0.05, 0) is 55.6 Å². The molecule has 3 N–H and O–H groups in total. The van der Waals surface area contributed by atoms with Gasteiger partial charge < -0.3 is 15.6 Å². The second kappa shape index (κ2) is 7.96. The minimum Gasteiger partial charge on any atom is -0.357 e.